The predicted molar refractivity (Wildman–Crippen MR) is 119 cm³/mol. The van der Waals surface area contributed by atoms with E-state index in [1.54, 1.807) is 4.90 Å². The second kappa shape index (κ2) is 9.08. The molecule has 0 unspecified atom stereocenters. The highest BCUT2D eigenvalue weighted by Gasteiger charge is 2.26. The molecule has 1 aliphatic heterocycles. The summed E-state index contributed by atoms with van der Waals surface area (Å²) in [5, 5.41) is 4.81. The summed E-state index contributed by atoms with van der Waals surface area (Å²) in [6, 6.07) is 7.09. The number of ether oxygens (including phenoxy) is 1. The quantitative estimate of drug-likeness (QED) is 0.716. The highest BCUT2D eigenvalue weighted by molar-refractivity contribution is 7.92. The van der Waals surface area contributed by atoms with Gasteiger partial charge in [0, 0.05) is 43.2 Å². The first kappa shape index (κ1) is 22.0. The number of aromatic nitrogens is 2. The fourth-order valence-electron chi connectivity index (χ4n) is 4.32. The van der Waals surface area contributed by atoms with Crippen molar-refractivity contribution >= 4 is 33.5 Å². The van der Waals surface area contributed by atoms with Gasteiger partial charge in [-0.05, 0) is 42.5 Å². The van der Waals surface area contributed by atoms with Crippen LogP contribution in [0.25, 0.3) is 0 Å². The first-order valence-electron chi connectivity index (χ1n) is 10.6. The third-order valence-corrected chi connectivity index (χ3v) is 6.78. The van der Waals surface area contributed by atoms with Crippen LogP contribution in [0, 0.1) is 0 Å². The van der Waals surface area contributed by atoms with Crippen molar-refractivity contribution in [2.24, 2.45) is 0 Å². The molecule has 0 spiro atoms. The molecule has 1 saturated heterocycles. The van der Waals surface area contributed by atoms with Crippen molar-refractivity contribution < 1.29 is 17.9 Å². The number of nitrogens with zero attached hydrogens (tertiary/aromatic N) is 3. The molecule has 0 radical (unpaired) electrons. The summed E-state index contributed by atoms with van der Waals surface area (Å²) in [6.45, 7) is 1.09. The van der Waals surface area contributed by atoms with Crippen LogP contribution in [0.3, 0.4) is 0 Å². The zero-order valence-corrected chi connectivity index (χ0v) is 19.0. The zero-order chi connectivity index (χ0) is 22.0. The lowest BCUT2D eigenvalue weighted by atomic mass is 9.97. The van der Waals surface area contributed by atoms with Crippen LogP contribution in [0.15, 0.2) is 30.5 Å². The number of hydrogen-bond acceptors (Lipinski definition) is 5. The van der Waals surface area contributed by atoms with Crippen LogP contribution in [0.2, 0.25) is 5.02 Å². The topological polar surface area (TPSA) is 93.5 Å². The van der Waals surface area contributed by atoms with E-state index >= 15 is 0 Å². The normalized spacial score (nSPS) is 18.3. The first-order valence-corrected chi connectivity index (χ1v) is 12.8. The maximum Gasteiger partial charge on any atom is 0.344 e. The number of halogens is 1. The van der Waals surface area contributed by atoms with Crippen LogP contribution >= 0.6 is 11.6 Å². The Bertz CT molecular complexity index is 1040. The molecule has 2 heterocycles. The molecule has 1 aliphatic carbocycles. The lowest BCUT2D eigenvalue weighted by Crippen LogP contribution is -2.43. The Morgan fingerprint density at radius 1 is 1.16 bits per heavy atom. The van der Waals surface area contributed by atoms with Crippen molar-refractivity contribution in [1.82, 2.24) is 14.7 Å². The number of anilines is 1. The molecule has 1 amide bonds. The van der Waals surface area contributed by atoms with Crippen molar-refractivity contribution in [1.29, 1.82) is 0 Å². The van der Waals surface area contributed by atoms with E-state index in [1.165, 1.54) is 43.5 Å². The van der Waals surface area contributed by atoms with Gasteiger partial charge < -0.3 is 9.64 Å². The van der Waals surface area contributed by atoms with Gasteiger partial charge >= 0.3 is 6.03 Å². The Balaban J connectivity index is 1.33. The lowest BCUT2D eigenvalue weighted by molar-refractivity contribution is 0.110. The molecule has 31 heavy (non-hydrogen) atoms. The smallest absolute Gasteiger partial charge is 0.344 e. The van der Waals surface area contributed by atoms with Crippen LogP contribution in [-0.4, -0.2) is 54.6 Å². The molecule has 1 N–H and O–H groups in total. The summed E-state index contributed by atoms with van der Waals surface area (Å²) in [7, 11) is -3.44. The number of rotatable bonds is 5. The Morgan fingerprint density at radius 2 is 1.87 bits per heavy atom. The van der Waals surface area contributed by atoms with Crippen LogP contribution < -0.4 is 9.46 Å². The Hall–Kier alpha value is -2.26. The molecule has 1 aromatic carbocycles. The maximum atomic E-state index is 12.7. The van der Waals surface area contributed by atoms with Gasteiger partial charge in [0.05, 0.1) is 6.26 Å². The summed E-state index contributed by atoms with van der Waals surface area (Å²) in [5.41, 5.74) is 1.18. The molecule has 10 heteroatoms. The first-order chi connectivity index (χ1) is 14.8. The highest BCUT2D eigenvalue weighted by Crippen LogP contribution is 2.39. The molecule has 168 valence electrons. The van der Waals surface area contributed by atoms with Crippen molar-refractivity contribution in [2.45, 2.75) is 50.5 Å². The van der Waals surface area contributed by atoms with Crippen LogP contribution in [0.4, 0.5) is 10.6 Å². The minimum absolute atomic E-state index is 0.0294. The zero-order valence-electron chi connectivity index (χ0n) is 17.5. The Morgan fingerprint density at radius 3 is 2.55 bits per heavy atom. The fourth-order valence-corrected chi connectivity index (χ4v) is 5.08. The Kier molecular flexibility index (Phi) is 6.43. The minimum Gasteiger partial charge on any atom is -0.490 e. The van der Waals surface area contributed by atoms with Crippen molar-refractivity contribution in [3.63, 3.8) is 0 Å². The van der Waals surface area contributed by atoms with Crippen LogP contribution in [0.1, 0.15) is 50.0 Å². The third-order valence-electron chi connectivity index (χ3n) is 5.85. The summed E-state index contributed by atoms with van der Waals surface area (Å²) < 4.78 is 32.2. The number of amides is 1. The second-order valence-electron chi connectivity index (χ2n) is 8.27. The van der Waals surface area contributed by atoms with E-state index in [9.17, 15) is 13.2 Å². The maximum absolute atomic E-state index is 12.7. The number of likely N-dealkylation sites (tertiary alicyclic amines) is 1. The molecular weight excluding hydrogens is 440 g/mol. The van der Waals surface area contributed by atoms with E-state index in [1.807, 2.05) is 12.1 Å². The second-order valence-corrected chi connectivity index (χ2v) is 10.4. The van der Waals surface area contributed by atoms with Gasteiger partial charge in [-0.1, -0.05) is 24.4 Å². The molecular formula is C21H27ClN4O4S. The SMILES string of the molecule is CS(=O)(=O)Nc1ccn(C(=O)N2CCC(Oc3ccc(Cl)c(C4CCCC4)c3)CC2)n1. The average molecular weight is 467 g/mol. The summed E-state index contributed by atoms with van der Waals surface area (Å²) in [6.07, 6.45) is 8.80. The standard InChI is InChI=1S/C21H27ClN4O4S/c1-31(28,29)24-20-10-13-26(23-20)21(27)25-11-8-16(9-12-25)30-17-6-7-19(22)18(14-17)15-4-2-3-5-15/h6-7,10,13-16H,2-5,8-9,11-12H2,1H3,(H,23,24). The number of hydrogen-bond donors (Lipinski definition) is 1. The lowest BCUT2D eigenvalue weighted by Gasteiger charge is -2.32. The molecule has 0 atom stereocenters. The van der Waals surface area contributed by atoms with Crippen LogP contribution in [0.5, 0.6) is 5.75 Å². The molecule has 1 aromatic heterocycles. The summed E-state index contributed by atoms with van der Waals surface area (Å²) >= 11 is 6.42. The number of carbonyl (C=O) groups excluding carboxylic acids is 1. The van der Waals surface area contributed by atoms with Gasteiger partial charge in [-0.2, -0.15) is 4.68 Å². The van der Waals surface area contributed by atoms with Gasteiger partial charge in [-0.25, -0.2) is 13.2 Å². The van der Waals surface area contributed by atoms with Gasteiger partial charge in [0.25, 0.3) is 0 Å². The summed E-state index contributed by atoms with van der Waals surface area (Å²) in [4.78, 5) is 14.4. The highest BCUT2D eigenvalue weighted by atomic mass is 35.5. The average Bonchev–Trinajstić information content (AvgIpc) is 3.40. The van der Waals surface area contributed by atoms with Gasteiger partial charge in [-0.3, -0.25) is 4.72 Å². The van der Waals surface area contributed by atoms with E-state index < -0.39 is 10.0 Å². The van der Waals surface area contributed by atoms with Crippen molar-refractivity contribution in [3.05, 3.63) is 41.0 Å². The van der Waals surface area contributed by atoms with Gasteiger partial charge in [0.1, 0.15) is 11.9 Å². The number of benzene rings is 1. The molecule has 2 aromatic rings. The van der Waals surface area contributed by atoms with Crippen molar-refractivity contribution in [3.8, 4) is 5.75 Å². The van der Waals surface area contributed by atoms with E-state index in [2.05, 4.69) is 15.9 Å². The van der Waals surface area contributed by atoms with E-state index in [0.717, 1.165) is 21.7 Å². The number of carbonyl (C=O) groups is 1. The monoisotopic (exact) mass is 466 g/mol. The number of sulfonamides is 1. The number of nitrogens with one attached hydrogen (secondary N) is 1. The largest absolute Gasteiger partial charge is 0.490 e. The molecule has 8 nitrogen and oxygen atoms in total. The van der Waals surface area contributed by atoms with Gasteiger partial charge in [0.15, 0.2) is 5.82 Å². The van der Waals surface area contributed by atoms with Crippen molar-refractivity contribution in [2.75, 3.05) is 24.1 Å². The molecule has 2 fully saturated rings. The van der Waals surface area contributed by atoms with Gasteiger partial charge in [-0.15, -0.1) is 5.10 Å². The van der Waals surface area contributed by atoms with Gasteiger partial charge in [0.2, 0.25) is 10.0 Å². The van der Waals surface area contributed by atoms with E-state index in [4.69, 9.17) is 16.3 Å². The van der Waals surface area contributed by atoms with Crippen LogP contribution in [-0.2, 0) is 10.0 Å². The molecule has 0 bridgehead atoms. The fraction of sp³-hybridized carbons (Fsp3) is 0.524. The van der Waals surface area contributed by atoms with E-state index in [0.29, 0.717) is 31.8 Å². The molecule has 4 rings (SSSR count). The minimum atomic E-state index is -3.44. The third kappa shape index (κ3) is 5.51. The summed E-state index contributed by atoms with van der Waals surface area (Å²) in [5.74, 6) is 1.47. The predicted octanol–water partition coefficient (Wildman–Crippen LogP) is 4.08. The van der Waals surface area contributed by atoms with E-state index in [-0.39, 0.29) is 18.0 Å². The number of piperidine rings is 1. The molecule has 1 saturated carbocycles. The Labute approximate surface area is 187 Å². The molecule has 2 aliphatic rings.